The molecule has 0 atom stereocenters. The van der Waals surface area contributed by atoms with Crippen molar-refractivity contribution in [2.24, 2.45) is 0 Å². The third kappa shape index (κ3) is 3.91. The van der Waals surface area contributed by atoms with E-state index in [1.807, 2.05) is 6.07 Å². The SMILES string of the molecule is CN(CCCC(=O)O)C(=O)c1ccc(C#N)cc1. The molecule has 0 saturated carbocycles. The Labute approximate surface area is 105 Å². The molecule has 0 spiro atoms. The van der Waals surface area contributed by atoms with Crippen molar-refractivity contribution in [1.82, 2.24) is 4.90 Å². The standard InChI is InChI=1S/C13H14N2O3/c1-15(8-2-3-12(16)17)13(18)11-6-4-10(9-14)5-7-11/h4-7H,2-3,8H2,1H3,(H,16,17). The molecule has 1 rings (SSSR count). The zero-order chi connectivity index (χ0) is 13.5. The van der Waals surface area contributed by atoms with Crippen LogP contribution in [-0.4, -0.2) is 35.5 Å². The fraction of sp³-hybridized carbons (Fsp3) is 0.308. The van der Waals surface area contributed by atoms with Gasteiger partial charge in [0.05, 0.1) is 11.6 Å². The van der Waals surface area contributed by atoms with E-state index in [0.29, 0.717) is 24.1 Å². The minimum atomic E-state index is -0.866. The van der Waals surface area contributed by atoms with E-state index in [-0.39, 0.29) is 12.3 Å². The van der Waals surface area contributed by atoms with Crippen molar-refractivity contribution in [1.29, 1.82) is 5.26 Å². The molecule has 0 bridgehead atoms. The molecule has 94 valence electrons. The lowest BCUT2D eigenvalue weighted by Crippen LogP contribution is -2.28. The summed E-state index contributed by atoms with van der Waals surface area (Å²) in [5, 5.41) is 17.1. The fourth-order valence-corrected chi connectivity index (χ4v) is 1.48. The molecule has 1 amide bonds. The summed E-state index contributed by atoms with van der Waals surface area (Å²) in [4.78, 5) is 23.7. The number of nitrogens with zero attached hydrogens (tertiary/aromatic N) is 2. The van der Waals surface area contributed by atoms with Crippen molar-refractivity contribution < 1.29 is 14.7 Å². The first-order valence-corrected chi connectivity index (χ1v) is 5.52. The van der Waals surface area contributed by atoms with E-state index in [0.717, 1.165) is 0 Å². The smallest absolute Gasteiger partial charge is 0.303 e. The van der Waals surface area contributed by atoms with Crippen molar-refractivity contribution in [3.8, 4) is 6.07 Å². The summed E-state index contributed by atoms with van der Waals surface area (Å²) in [6.07, 6.45) is 0.471. The molecule has 0 aliphatic carbocycles. The van der Waals surface area contributed by atoms with Gasteiger partial charge in [-0.1, -0.05) is 0 Å². The van der Waals surface area contributed by atoms with Gasteiger partial charge in [0.15, 0.2) is 0 Å². The summed E-state index contributed by atoms with van der Waals surface area (Å²) in [6, 6.07) is 8.33. The van der Waals surface area contributed by atoms with Gasteiger partial charge in [-0.05, 0) is 30.7 Å². The number of carboxylic acids is 1. The maximum Gasteiger partial charge on any atom is 0.303 e. The van der Waals surface area contributed by atoms with Crippen LogP contribution in [0.2, 0.25) is 0 Å². The molecular formula is C13H14N2O3. The molecule has 0 fully saturated rings. The summed E-state index contributed by atoms with van der Waals surface area (Å²) in [7, 11) is 1.63. The van der Waals surface area contributed by atoms with Gasteiger partial charge in [0.1, 0.15) is 0 Å². The number of carbonyl (C=O) groups excluding carboxylic acids is 1. The lowest BCUT2D eigenvalue weighted by atomic mass is 10.1. The van der Waals surface area contributed by atoms with Gasteiger partial charge in [-0.15, -0.1) is 0 Å². The van der Waals surface area contributed by atoms with E-state index >= 15 is 0 Å². The monoisotopic (exact) mass is 246 g/mol. The second-order valence-electron chi connectivity index (χ2n) is 3.91. The Morgan fingerprint density at radius 3 is 2.44 bits per heavy atom. The van der Waals surface area contributed by atoms with E-state index in [1.165, 1.54) is 4.90 Å². The summed E-state index contributed by atoms with van der Waals surface area (Å²) in [5.74, 6) is -1.04. The number of rotatable bonds is 5. The van der Waals surface area contributed by atoms with E-state index in [2.05, 4.69) is 0 Å². The number of hydrogen-bond acceptors (Lipinski definition) is 3. The third-order valence-corrected chi connectivity index (χ3v) is 2.49. The molecule has 0 aromatic heterocycles. The Hall–Kier alpha value is -2.35. The Balaban J connectivity index is 2.57. The molecule has 5 nitrogen and oxygen atoms in total. The van der Waals surface area contributed by atoms with Crippen LogP contribution in [0.5, 0.6) is 0 Å². The average Bonchev–Trinajstić information content (AvgIpc) is 2.37. The van der Waals surface area contributed by atoms with Crippen LogP contribution in [0.15, 0.2) is 24.3 Å². The second-order valence-corrected chi connectivity index (χ2v) is 3.91. The minimum absolute atomic E-state index is 0.0466. The predicted octanol–water partition coefficient (Wildman–Crippen LogP) is 1.50. The first kappa shape index (κ1) is 13.7. The van der Waals surface area contributed by atoms with Gasteiger partial charge in [-0.25, -0.2) is 0 Å². The number of aliphatic carboxylic acids is 1. The fourth-order valence-electron chi connectivity index (χ4n) is 1.48. The van der Waals surface area contributed by atoms with Gasteiger partial charge in [0, 0.05) is 25.6 Å². The molecule has 1 N–H and O–H groups in total. The molecule has 18 heavy (non-hydrogen) atoms. The summed E-state index contributed by atoms with van der Waals surface area (Å²) in [5.41, 5.74) is 0.993. The highest BCUT2D eigenvalue weighted by molar-refractivity contribution is 5.94. The summed E-state index contributed by atoms with van der Waals surface area (Å²) < 4.78 is 0. The highest BCUT2D eigenvalue weighted by atomic mass is 16.4. The summed E-state index contributed by atoms with van der Waals surface area (Å²) in [6.45, 7) is 0.394. The van der Waals surface area contributed by atoms with E-state index in [9.17, 15) is 9.59 Å². The second kappa shape index (κ2) is 6.40. The highest BCUT2D eigenvalue weighted by Gasteiger charge is 2.11. The van der Waals surface area contributed by atoms with Crippen molar-refractivity contribution in [3.63, 3.8) is 0 Å². The van der Waals surface area contributed by atoms with Gasteiger partial charge in [-0.2, -0.15) is 5.26 Å². The maximum absolute atomic E-state index is 11.9. The molecule has 0 saturated heterocycles. The van der Waals surface area contributed by atoms with Crippen LogP contribution in [0.4, 0.5) is 0 Å². The number of amides is 1. The van der Waals surface area contributed by atoms with Gasteiger partial charge in [0.25, 0.3) is 5.91 Å². The number of nitriles is 1. The zero-order valence-corrected chi connectivity index (χ0v) is 10.1. The number of hydrogen-bond donors (Lipinski definition) is 1. The molecule has 0 heterocycles. The van der Waals surface area contributed by atoms with Crippen LogP contribution in [0, 0.1) is 11.3 Å². The van der Waals surface area contributed by atoms with Crippen LogP contribution < -0.4 is 0 Å². The predicted molar refractivity (Wildman–Crippen MR) is 65.0 cm³/mol. The Morgan fingerprint density at radius 1 is 1.33 bits per heavy atom. The van der Waals surface area contributed by atoms with Gasteiger partial charge in [0.2, 0.25) is 0 Å². The first-order chi connectivity index (χ1) is 8.54. The molecule has 0 aliphatic rings. The first-order valence-electron chi connectivity index (χ1n) is 5.52. The molecule has 1 aromatic rings. The van der Waals surface area contributed by atoms with Crippen molar-refractivity contribution in [2.75, 3.05) is 13.6 Å². The maximum atomic E-state index is 11.9. The molecule has 0 unspecified atom stereocenters. The van der Waals surface area contributed by atoms with Gasteiger partial charge in [-0.3, -0.25) is 9.59 Å². The number of carbonyl (C=O) groups is 2. The lowest BCUT2D eigenvalue weighted by Gasteiger charge is -2.16. The van der Waals surface area contributed by atoms with E-state index in [4.69, 9.17) is 10.4 Å². The van der Waals surface area contributed by atoms with E-state index in [1.54, 1.807) is 31.3 Å². The van der Waals surface area contributed by atoms with Crippen LogP contribution in [0.3, 0.4) is 0 Å². The van der Waals surface area contributed by atoms with E-state index < -0.39 is 5.97 Å². The molecule has 0 radical (unpaired) electrons. The van der Waals surface area contributed by atoms with Crippen LogP contribution in [-0.2, 0) is 4.79 Å². The normalized spacial score (nSPS) is 9.56. The van der Waals surface area contributed by atoms with Crippen LogP contribution in [0.25, 0.3) is 0 Å². The molecule has 1 aromatic carbocycles. The highest BCUT2D eigenvalue weighted by Crippen LogP contribution is 2.07. The van der Waals surface area contributed by atoms with Crippen LogP contribution >= 0.6 is 0 Å². The zero-order valence-electron chi connectivity index (χ0n) is 10.1. The van der Waals surface area contributed by atoms with Crippen molar-refractivity contribution >= 4 is 11.9 Å². The van der Waals surface area contributed by atoms with Gasteiger partial charge >= 0.3 is 5.97 Å². The Morgan fingerprint density at radius 2 is 1.94 bits per heavy atom. The average molecular weight is 246 g/mol. The van der Waals surface area contributed by atoms with Crippen LogP contribution in [0.1, 0.15) is 28.8 Å². The largest absolute Gasteiger partial charge is 0.481 e. The number of carboxylic acid groups (broad SMARTS) is 1. The van der Waals surface area contributed by atoms with Crippen molar-refractivity contribution in [2.45, 2.75) is 12.8 Å². The van der Waals surface area contributed by atoms with Crippen molar-refractivity contribution in [3.05, 3.63) is 35.4 Å². The van der Waals surface area contributed by atoms with Gasteiger partial charge < -0.3 is 10.0 Å². The quantitative estimate of drug-likeness (QED) is 0.853. The molecular weight excluding hydrogens is 232 g/mol. The Kier molecular flexibility index (Phi) is 4.88. The molecule has 5 heteroatoms. The lowest BCUT2D eigenvalue weighted by molar-refractivity contribution is -0.137. The molecule has 0 aliphatic heterocycles. The number of benzene rings is 1. The summed E-state index contributed by atoms with van der Waals surface area (Å²) >= 11 is 0. The Bertz CT molecular complexity index is 474. The topological polar surface area (TPSA) is 81.4 Å². The third-order valence-electron chi connectivity index (χ3n) is 2.49. The minimum Gasteiger partial charge on any atom is -0.481 e.